The van der Waals surface area contributed by atoms with Gasteiger partial charge in [0.25, 0.3) is 0 Å². The fourth-order valence-corrected chi connectivity index (χ4v) is 2.85. The van der Waals surface area contributed by atoms with Crippen molar-refractivity contribution < 1.29 is 0 Å². The third kappa shape index (κ3) is 2.78. The third-order valence-corrected chi connectivity index (χ3v) is 4.58. The Kier molecular flexibility index (Phi) is 3.92. The first kappa shape index (κ1) is 14.1. The average Bonchev–Trinajstić information content (AvgIpc) is 2.81. The van der Waals surface area contributed by atoms with E-state index in [-0.39, 0.29) is 0 Å². The minimum Gasteiger partial charge on any atom is -0.384 e. The maximum absolute atomic E-state index is 4.61. The summed E-state index contributed by atoms with van der Waals surface area (Å²) in [5.41, 5.74) is 4.36. The Morgan fingerprint density at radius 3 is 2.90 bits per heavy atom. The monoisotopic (exact) mass is 344 g/mol. The van der Waals surface area contributed by atoms with Gasteiger partial charge in [-0.1, -0.05) is 18.2 Å². The molecule has 2 aromatic heterocycles. The van der Waals surface area contributed by atoms with Crippen LogP contribution in [-0.4, -0.2) is 21.3 Å². The van der Waals surface area contributed by atoms with Gasteiger partial charge in [-0.25, -0.2) is 0 Å². The molecule has 3 rings (SSSR count). The van der Waals surface area contributed by atoms with Crippen LogP contribution in [0.2, 0.25) is 0 Å². The second-order valence-electron chi connectivity index (χ2n) is 5.02. The van der Waals surface area contributed by atoms with E-state index in [0.29, 0.717) is 0 Å². The minimum absolute atomic E-state index is 0.836. The largest absolute Gasteiger partial charge is 0.384 e. The van der Waals surface area contributed by atoms with Crippen molar-refractivity contribution in [2.75, 3.05) is 11.9 Å². The predicted octanol–water partition coefficient (Wildman–Crippen LogP) is 3.69. The van der Waals surface area contributed by atoms with Crippen LogP contribution in [0.1, 0.15) is 11.4 Å². The molecule has 0 atom stereocenters. The lowest BCUT2D eigenvalue weighted by atomic mass is 10.1. The van der Waals surface area contributed by atoms with E-state index in [1.54, 1.807) is 0 Å². The van der Waals surface area contributed by atoms with Crippen molar-refractivity contribution in [2.45, 2.75) is 13.3 Å². The molecule has 0 saturated heterocycles. The molecule has 0 aliphatic carbocycles. The van der Waals surface area contributed by atoms with E-state index in [1.165, 1.54) is 10.9 Å². The van der Waals surface area contributed by atoms with Crippen molar-refractivity contribution in [3.8, 4) is 0 Å². The van der Waals surface area contributed by atoms with Crippen molar-refractivity contribution in [1.82, 2.24) is 14.8 Å². The van der Waals surface area contributed by atoms with Crippen LogP contribution in [0.15, 0.2) is 41.0 Å². The van der Waals surface area contributed by atoms with Crippen molar-refractivity contribution in [3.63, 3.8) is 0 Å². The minimum atomic E-state index is 0.836. The average molecular weight is 345 g/mol. The second kappa shape index (κ2) is 5.85. The highest BCUT2D eigenvalue weighted by Crippen LogP contribution is 2.24. The quantitative estimate of drug-likeness (QED) is 0.784. The molecule has 0 fully saturated rings. The first-order chi connectivity index (χ1) is 10.2. The lowest BCUT2D eigenvalue weighted by molar-refractivity contribution is 0.764. The Morgan fingerprint density at radius 1 is 1.24 bits per heavy atom. The molecule has 0 spiro atoms. The lowest BCUT2D eigenvalue weighted by Gasteiger charge is -2.08. The van der Waals surface area contributed by atoms with E-state index < -0.39 is 0 Å². The number of halogens is 1. The molecule has 1 aromatic carbocycles. The molecule has 21 heavy (non-hydrogen) atoms. The van der Waals surface area contributed by atoms with Crippen LogP contribution in [-0.2, 0) is 13.5 Å². The van der Waals surface area contributed by atoms with Gasteiger partial charge in [0, 0.05) is 31.6 Å². The Morgan fingerprint density at radius 2 is 2.05 bits per heavy atom. The molecule has 0 aliphatic rings. The molecule has 1 N–H and O–H groups in total. The highest BCUT2D eigenvalue weighted by molar-refractivity contribution is 9.10. The third-order valence-electron chi connectivity index (χ3n) is 3.58. The summed E-state index contributed by atoms with van der Waals surface area (Å²) in [4.78, 5) is 4.25. The number of anilines is 1. The number of rotatable bonds is 4. The predicted molar refractivity (Wildman–Crippen MR) is 89.6 cm³/mol. The van der Waals surface area contributed by atoms with Gasteiger partial charge in [0.2, 0.25) is 0 Å². The summed E-state index contributed by atoms with van der Waals surface area (Å²) in [6.45, 7) is 2.82. The Balaban J connectivity index is 1.74. The standard InChI is InChI=1S/C16H17BrN4/c1-11-16(17)14(8-9-18-11)19-10-7-13-12-5-3-4-6-15(12)21(2)20-13/h3-6,8-9H,7,10H2,1-2H3,(H,18,19). The summed E-state index contributed by atoms with van der Waals surface area (Å²) in [5.74, 6) is 0. The molecule has 3 aromatic rings. The molecule has 5 heteroatoms. The zero-order chi connectivity index (χ0) is 14.8. The smallest absolute Gasteiger partial charge is 0.0720 e. The van der Waals surface area contributed by atoms with E-state index >= 15 is 0 Å². The van der Waals surface area contributed by atoms with E-state index in [0.717, 1.165) is 34.5 Å². The van der Waals surface area contributed by atoms with Gasteiger partial charge in [0.05, 0.1) is 27.1 Å². The number of pyridine rings is 1. The summed E-state index contributed by atoms with van der Waals surface area (Å²) >= 11 is 3.57. The summed E-state index contributed by atoms with van der Waals surface area (Å²) in [6, 6.07) is 10.3. The molecule has 2 heterocycles. The van der Waals surface area contributed by atoms with Gasteiger partial charge >= 0.3 is 0 Å². The molecule has 0 aliphatic heterocycles. The fraction of sp³-hybridized carbons (Fsp3) is 0.250. The van der Waals surface area contributed by atoms with Crippen molar-refractivity contribution in [1.29, 1.82) is 0 Å². The van der Waals surface area contributed by atoms with E-state index in [2.05, 4.69) is 49.5 Å². The van der Waals surface area contributed by atoms with Crippen LogP contribution in [0, 0.1) is 6.92 Å². The Hall–Kier alpha value is -1.88. The Bertz CT molecular complexity index is 779. The maximum Gasteiger partial charge on any atom is 0.0720 e. The maximum atomic E-state index is 4.61. The number of hydrogen-bond donors (Lipinski definition) is 1. The molecule has 0 amide bonds. The SMILES string of the molecule is Cc1nccc(NCCc2nn(C)c3ccccc23)c1Br. The van der Waals surface area contributed by atoms with E-state index in [9.17, 15) is 0 Å². The van der Waals surface area contributed by atoms with Crippen molar-refractivity contribution >= 4 is 32.5 Å². The fourth-order valence-electron chi connectivity index (χ4n) is 2.47. The van der Waals surface area contributed by atoms with Gasteiger partial charge < -0.3 is 5.32 Å². The molecule has 0 saturated carbocycles. The van der Waals surface area contributed by atoms with Crippen LogP contribution in [0.3, 0.4) is 0 Å². The van der Waals surface area contributed by atoms with Gasteiger partial charge in [0.15, 0.2) is 0 Å². The van der Waals surface area contributed by atoms with Gasteiger partial charge in [-0.3, -0.25) is 9.67 Å². The molecule has 108 valence electrons. The highest BCUT2D eigenvalue weighted by atomic mass is 79.9. The zero-order valence-electron chi connectivity index (χ0n) is 12.1. The summed E-state index contributed by atoms with van der Waals surface area (Å²) in [7, 11) is 1.99. The number of hydrogen-bond acceptors (Lipinski definition) is 3. The Labute approximate surface area is 132 Å². The summed E-state index contributed by atoms with van der Waals surface area (Å²) < 4.78 is 2.97. The van der Waals surface area contributed by atoms with Crippen molar-refractivity contribution in [2.24, 2.45) is 7.05 Å². The van der Waals surface area contributed by atoms with Gasteiger partial charge in [-0.05, 0) is 35.0 Å². The first-order valence-corrected chi connectivity index (χ1v) is 7.71. The van der Waals surface area contributed by atoms with Gasteiger partial charge in [-0.15, -0.1) is 0 Å². The van der Waals surface area contributed by atoms with Crippen LogP contribution in [0.4, 0.5) is 5.69 Å². The summed E-state index contributed by atoms with van der Waals surface area (Å²) in [6.07, 6.45) is 2.70. The number of fused-ring (bicyclic) bond motifs is 1. The highest BCUT2D eigenvalue weighted by Gasteiger charge is 2.08. The van der Waals surface area contributed by atoms with Crippen molar-refractivity contribution in [3.05, 3.63) is 52.4 Å². The number of para-hydroxylation sites is 1. The second-order valence-corrected chi connectivity index (χ2v) is 5.82. The number of benzene rings is 1. The zero-order valence-corrected chi connectivity index (χ0v) is 13.7. The van der Waals surface area contributed by atoms with Crippen LogP contribution in [0.25, 0.3) is 10.9 Å². The van der Waals surface area contributed by atoms with E-state index in [4.69, 9.17) is 0 Å². The number of aryl methyl sites for hydroxylation is 2. The number of aromatic nitrogens is 3. The molecule has 4 nitrogen and oxygen atoms in total. The lowest BCUT2D eigenvalue weighted by Crippen LogP contribution is -2.07. The molecule has 0 unspecified atom stereocenters. The van der Waals surface area contributed by atoms with E-state index in [1.807, 2.05) is 37.0 Å². The van der Waals surface area contributed by atoms with Gasteiger partial charge in [0.1, 0.15) is 0 Å². The topological polar surface area (TPSA) is 42.7 Å². The van der Waals surface area contributed by atoms with Crippen LogP contribution < -0.4 is 5.32 Å². The molecular formula is C16H17BrN4. The van der Waals surface area contributed by atoms with Gasteiger partial charge in [-0.2, -0.15) is 5.10 Å². The molecule has 0 bridgehead atoms. The van der Waals surface area contributed by atoms with Crippen LogP contribution in [0.5, 0.6) is 0 Å². The summed E-state index contributed by atoms with van der Waals surface area (Å²) in [5, 5.41) is 9.28. The number of nitrogens with zero attached hydrogens (tertiary/aromatic N) is 3. The normalized spacial score (nSPS) is 11.0. The first-order valence-electron chi connectivity index (χ1n) is 6.92. The molecule has 0 radical (unpaired) electrons. The number of nitrogens with one attached hydrogen (secondary N) is 1. The van der Waals surface area contributed by atoms with Crippen LogP contribution >= 0.6 is 15.9 Å². The molecular weight excluding hydrogens is 328 g/mol.